The Morgan fingerprint density at radius 1 is 1.00 bits per heavy atom. The van der Waals surface area contributed by atoms with Crippen LogP contribution < -0.4 is 10.1 Å². The van der Waals surface area contributed by atoms with Gasteiger partial charge in [-0.3, -0.25) is 0 Å². The van der Waals surface area contributed by atoms with E-state index < -0.39 is 0 Å². The van der Waals surface area contributed by atoms with E-state index in [1.165, 1.54) is 16.7 Å². The van der Waals surface area contributed by atoms with E-state index in [0.29, 0.717) is 12.6 Å². The lowest BCUT2D eigenvalue weighted by Gasteiger charge is -2.15. The highest BCUT2D eigenvalue weighted by atomic mass is 16.5. The van der Waals surface area contributed by atoms with Crippen LogP contribution in [0.4, 0.5) is 0 Å². The SMILES string of the molecule is CCCNC(C)c1cccc(-c2cccc(OCC)c2)c1. The molecule has 0 amide bonds. The fourth-order valence-corrected chi connectivity index (χ4v) is 2.40. The zero-order chi connectivity index (χ0) is 15.1. The Morgan fingerprint density at radius 2 is 1.71 bits per heavy atom. The number of rotatable bonds is 7. The van der Waals surface area contributed by atoms with Crippen LogP contribution in [0.5, 0.6) is 5.75 Å². The van der Waals surface area contributed by atoms with Gasteiger partial charge < -0.3 is 10.1 Å². The highest BCUT2D eigenvalue weighted by Crippen LogP contribution is 2.26. The first kappa shape index (κ1) is 15.6. The minimum Gasteiger partial charge on any atom is -0.494 e. The van der Waals surface area contributed by atoms with Gasteiger partial charge in [-0.2, -0.15) is 0 Å². The third-order valence-corrected chi connectivity index (χ3v) is 3.57. The summed E-state index contributed by atoms with van der Waals surface area (Å²) in [5, 5.41) is 3.53. The van der Waals surface area contributed by atoms with E-state index in [2.05, 4.69) is 55.6 Å². The van der Waals surface area contributed by atoms with E-state index in [-0.39, 0.29) is 0 Å². The first-order valence-electron chi connectivity index (χ1n) is 7.81. The quantitative estimate of drug-likeness (QED) is 0.787. The standard InChI is InChI=1S/C19H25NO/c1-4-12-20-15(3)16-8-6-9-17(13-16)18-10-7-11-19(14-18)21-5-2/h6-11,13-15,20H,4-5,12H2,1-3H3. The Kier molecular flexibility index (Phi) is 5.82. The molecule has 0 aromatic heterocycles. The van der Waals surface area contributed by atoms with Crippen molar-refractivity contribution in [3.8, 4) is 16.9 Å². The van der Waals surface area contributed by atoms with E-state index in [4.69, 9.17) is 4.74 Å². The number of ether oxygens (including phenoxy) is 1. The minimum atomic E-state index is 0.375. The van der Waals surface area contributed by atoms with Gasteiger partial charge in [0.05, 0.1) is 6.61 Å². The van der Waals surface area contributed by atoms with Crippen molar-refractivity contribution in [2.24, 2.45) is 0 Å². The predicted molar refractivity (Wildman–Crippen MR) is 89.8 cm³/mol. The van der Waals surface area contributed by atoms with Gasteiger partial charge in [0.2, 0.25) is 0 Å². The zero-order valence-electron chi connectivity index (χ0n) is 13.2. The molecule has 2 aromatic carbocycles. The van der Waals surface area contributed by atoms with Crippen molar-refractivity contribution in [1.82, 2.24) is 5.32 Å². The molecule has 1 atom stereocenters. The molecule has 112 valence electrons. The molecule has 2 rings (SSSR count). The summed E-state index contributed by atoms with van der Waals surface area (Å²) in [5.74, 6) is 0.928. The second-order valence-corrected chi connectivity index (χ2v) is 5.26. The summed E-state index contributed by atoms with van der Waals surface area (Å²) in [6.07, 6.45) is 1.15. The van der Waals surface area contributed by atoms with Crippen LogP contribution in [0.25, 0.3) is 11.1 Å². The van der Waals surface area contributed by atoms with E-state index in [1.54, 1.807) is 0 Å². The summed E-state index contributed by atoms with van der Waals surface area (Å²) >= 11 is 0. The number of hydrogen-bond donors (Lipinski definition) is 1. The first-order chi connectivity index (χ1) is 10.2. The average Bonchev–Trinajstić information content (AvgIpc) is 2.53. The Morgan fingerprint density at radius 3 is 2.43 bits per heavy atom. The van der Waals surface area contributed by atoms with Gasteiger partial charge in [-0.15, -0.1) is 0 Å². The lowest BCUT2D eigenvalue weighted by Crippen LogP contribution is -2.19. The molecule has 0 aliphatic heterocycles. The van der Waals surface area contributed by atoms with E-state index >= 15 is 0 Å². The van der Waals surface area contributed by atoms with Crippen molar-refractivity contribution in [2.45, 2.75) is 33.2 Å². The van der Waals surface area contributed by atoms with Crippen LogP contribution in [0, 0.1) is 0 Å². The molecule has 2 nitrogen and oxygen atoms in total. The van der Waals surface area contributed by atoms with Crippen LogP contribution in [0.3, 0.4) is 0 Å². The van der Waals surface area contributed by atoms with Crippen LogP contribution in [-0.4, -0.2) is 13.2 Å². The molecule has 21 heavy (non-hydrogen) atoms. The first-order valence-corrected chi connectivity index (χ1v) is 7.81. The molecular weight excluding hydrogens is 258 g/mol. The average molecular weight is 283 g/mol. The maximum absolute atomic E-state index is 5.59. The van der Waals surface area contributed by atoms with Gasteiger partial charge in [0.1, 0.15) is 5.75 Å². The van der Waals surface area contributed by atoms with Crippen LogP contribution in [0.2, 0.25) is 0 Å². The molecule has 0 bridgehead atoms. The highest BCUT2D eigenvalue weighted by molar-refractivity contribution is 5.65. The Hall–Kier alpha value is -1.80. The molecule has 1 unspecified atom stereocenters. The van der Waals surface area contributed by atoms with E-state index in [9.17, 15) is 0 Å². The molecule has 0 aliphatic carbocycles. The molecule has 0 fully saturated rings. The van der Waals surface area contributed by atoms with Crippen molar-refractivity contribution < 1.29 is 4.74 Å². The summed E-state index contributed by atoms with van der Waals surface area (Å²) in [5.41, 5.74) is 3.76. The molecular formula is C19H25NO. The Bertz CT molecular complexity index is 565. The third kappa shape index (κ3) is 4.33. The Labute approximate surface area is 128 Å². The van der Waals surface area contributed by atoms with Crippen molar-refractivity contribution in [2.75, 3.05) is 13.2 Å². The summed E-state index contributed by atoms with van der Waals surface area (Å²) in [4.78, 5) is 0. The van der Waals surface area contributed by atoms with Gasteiger partial charge in [0, 0.05) is 6.04 Å². The smallest absolute Gasteiger partial charge is 0.119 e. The van der Waals surface area contributed by atoms with E-state index in [1.807, 2.05) is 19.1 Å². The maximum Gasteiger partial charge on any atom is 0.119 e. The van der Waals surface area contributed by atoms with Gasteiger partial charge in [-0.1, -0.05) is 37.3 Å². The van der Waals surface area contributed by atoms with Crippen LogP contribution >= 0.6 is 0 Å². The molecule has 0 aliphatic rings. The fourth-order valence-electron chi connectivity index (χ4n) is 2.40. The van der Waals surface area contributed by atoms with Crippen molar-refractivity contribution in [1.29, 1.82) is 0 Å². The molecule has 0 heterocycles. The topological polar surface area (TPSA) is 21.3 Å². The zero-order valence-corrected chi connectivity index (χ0v) is 13.2. The highest BCUT2D eigenvalue weighted by Gasteiger charge is 2.06. The number of nitrogens with one attached hydrogen (secondary N) is 1. The van der Waals surface area contributed by atoms with Crippen molar-refractivity contribution >= 4 is 0 Å². The minimum absolute atomic E-state index is 0.375. The van der Waals surface area contributed by atoms with Crippen molar-refractivity contribution in [3.63, 3.8) is 0 Å². The summed E-state index contributed by atoms with van der Waals surface area (Å²) < 4.78 is 5.59. The lowest BCUT2D eigenvalue weighted by atomic mass is 10.00. The number of benzene rings is 2. The molecule has 0 saturated heterocycles. The second kappa shape index (κ2) is 7.84. The molecule has 0 spiro atoms. The van der Waals surface area contributed by atoms with Gasteiger partial charge in [0.25, 0.3) is 0 Å². The van der Waals surface area contributed by atoms with Gasteiger partial charge in [-0.05, 0) is 61.7 Å². The molecule has 0 radical (unpaired) electrons. The normalized spacial score (nSPS) is 12.1. The van der Waals surface area contributed by atoms with Gasteiger partial charge >= 0.3 is 0 Å². The van der Waals surface area contributed by atoms with Gasteiger partial charge in [0.15, 0.2) is 0 Å². The molecule has 2 heteroatoms. The fraction of sp³-hybridized carbons (Fsp3) is 0.368. The molecule has 1 N–H and O–H groups in total. The lowest BCUT2D eigenvalue weighted by molar-refractivity contribution is 0.340. The third-order valence-electron chi connectivity index (χ3n) is 3.57. The van der Waals surface area contributed by atoms with Crippen LogP contribution in [0.1, 0.15) is 38.8 Å². The largest absolute Gasteiger partial charge is 0.494 e. The van der Waals surface area contributed by atoms with E-state index in [0.717, 1.165) is 18.7 Å². The predicted octanol–water partition coefficient (Wildman–Crippen LogP) is 4.81. The summed E-state index contributed by atoms with van der Waals surface area (Å²) in [6, 6.07) is 17.4. The summed E-state index contributed by atoms with van der Waals surface area (Å²) in [7, 11) is 0. The van der Waals surface area contributed by atoms with Gasteiger partial charge in [-0.25, -0.2) is 0 Å². The van der Waals surface area contributed by atoms with Crippen LogP contribution in [-0.2, 0) is 0 Å². The van der Waals surface area contributed by atoms with Crippen molar-refractivity contribution in [3.05, 3.63) is 54.1 Å². The Balaban J connectivity index is 2.22. The second-order valence-electron chi connectivity index (χ2n) is 5.26. The van der Waals surface area contributed by atoms with Crippen LogP contribution in [0.15, 0.2) is 48.5 Å². The molecule has 0 saturated carbocycles. The number of hydrogen-bond acceptors (Lipinski definition) is 2. The molecule has 2 aromatic rings. The maximum atomic E-state index is 5.59. The summed E-state index contributed by atoms with van der Waals surface area (Å²) in [6.45, 7) is 8.15. The monoisotopic (exact) mass is 283 g/mol.